The lowest BCUT2D eigenvalue weighted by molar-refractivity contribution is -0.140. The molecule has 1 saturated heterocycles. The molecule has 0 aliphatic carbocycles. The van der Waals surface area contributed by atoms with Gasteiger partial charge in [-0.15, -0.1) is 0 Å². The third-order valence-corrected chi connectivity index (χ3v) is 2.83. The molecule has 1 aliphatic heterocycles. The quantitative estimate of drug-likeness (QED) is 0.639. The van der Waals surface area contributed by atoms with E-state index in [1.54, 1.807) is 0 Å². The third-order valence-electron chi connectivity index (χ3n) is 2.83. The van der Waals surface area contributed by atoms with Gasteiger partial charge in [0.05, 0.1) is 0 Å². The fourth-order valence-corrected chi connectivity index (χ4v) is 1.69. The number of carbonyl (C=O) groups excluding carboxylic acids is 1. The molecule has 0 atom stereocenters. The molecule has 0 aromatic carbocycles. The van der Waals surface area contributed by atoms with Crippen LogP contribution in [0, 0.1) is 5.41 Å². The zero-order valence-electron chi connectivity index (χ0n) is 9.76. The first-order valence-electron chi connectivity index (χ1n) is 5.31. The van der Waals surface area contributed by atoms with Crippen molar-refractivity contribution in [1.82, 2.24) is 4.90 Å². The smallest absolute Gasteiger partial charge is 0.227 e. The van der Waals surface area contributed by atoms with Crippen LogP contribution in [0.3, 0.4) is 0 Å². The van der Waals surface area contributed by atoms with Crippen LogP contribution < -0.4 is 5.73 Å². The van der Waals surface area contributed by atoms with Crippen molar-refractivity contribution in [1.29, 1.82) is 0 Å². The van der Waals surface area contributed by atoms with Gasteiger partial charge in [-0.1, -0.05) is 20.8 Å². The van der Waals surface area contributed by atoms with E-state index in [0.717, 1.165) is 25.9 Å². The molecule has 0 radical (unpaired) electrons. The van der Waals surface area contributed by atoms with Gasteiger partial charge >= 0.3 is 0 Å². The summed E-state index contributed by atoms with van der Waals surface area (Å²) >= 11 is 0. The Balaban J connectivity index is 2.55. The molecule has 82 valence electrons. The average molecular weight is 198 g/mol. The number of nitrogens with two attached hydrogens (primary N) is 1. The van der Waals surface area contributed by atoms with E-state index < -0.39 is 0 Å². The number of amides is 1. The molecule has 0 unspecified atom stereocenters. The van der Waals surface area contributed by atoms with Crippen LogP contribution in [0.1, 0.15) is 40.5 Å². The second-order valence-electron chi connectivity index (χ2n) is 5.70. The highest BCUT2D eigenvalue weighted by Gasteiger charge is 2.32. The lowest BCUT2D eigenvalue weighted by Crippen LogP contribution is -2.52. The van der Waals surface area contributed by atoms with Crippen LogP contribution in [-0.2, 0) is 4.79 Å². The summed E-state index contributed by atoms with van der Waals surface area (Å²) in [4.78, 5) is 13.9. The Morgan fingerprint density at radius 1 is 1.29 bits per heavy atom. The predicted octanol–water partition coefficient (Wildman–Crippen LogP) is 1.37. The molecule has 1 amide bonds. The number of carbonyl (C=O) groups is 1. The maximum absolute atomic E-state index is 11.9. The molecule has 1 heterocycles. The van der Waals surface area contributed by atoms with Crippen LogP contribution in [0.15, 0.2) is 0 Å². The molecule has 0 aromatic heterocycles. The molecule has 3 nitrogen and oxygen atoms in total. The van der Waals surface area contributed by atoms with Gasteiger partial charge < -0.3 is 10.6 Å². The van der Waals surface area contributed by atoms with Crippen LogP contribution >= 0.6 is 0 Å². The van der Waals surface area contributed by atoms with Crippen molar-refractivity contribution in [3.8, 4) is 0 Å². The minimum Gasteiger partial charge on any atom is -0.342 e. The monoisotopic (exact) mass is 198 g/mol. The normalized spacial score (nSPS) is 22.2. The summed E-state index contributed by atoms with van der Waals surface area (Å²) < 4.78 is 0. The number of rotatable bonds is 0. The molecule has 0 saturated carbocycles. The molecule has 0 aromatic rings. The van der Waals surface area contributed by atoms with E-state index >= 15 is 0 Å². The Bertz CT molecular complexity index is 218. The van der Waals surface area contributed by atoms with E-state index in [4.69, 9.17) is 5.73 Å². The molecule has 0 spiro atoms. The van der Waals surface area contributed by atoms with E-state index in [9.17, 15) is 4.79 Å². The fourth-order valence-electron chi connectivity index (χ4n) is 1.69. The standard InChI is InChI=1S/C11H22N2O/c1-10(2,3)9(14)13-7-5-11(4,12)6-8-13/h5-8,12H2,1-4H3. The Morgan fingerprint density at radius 2 is 1.71 bits per heavy atom. The van der Waals surface area contributed by atoms with Gasteiger partial charge in [0, 0.05) is 24.0 Å². The molecule has 3 heteroatoms. The number of nitrogens with zero attached hydrogens (tertiary/aromatic N) is 1. The number of piperidine rings is 1. The van der Waals surface area contributed by atoms with E-state index in [0.29, 0.717) is 0 Å². The Morgan fingerprint density at radius 3 is 2.07 bits per heavy atom. The maximum Gasteiger partial charge on any atom is 0.227 e. The molecule has 1 fully saturated rings. The summed E-state index contributed by atoms with van der Waals surface area (Å²) in [5, 5.41) is 0. The minimum absolute atomic E-state index is 0.0747. The van der Waals surface area contributed by atoms with Crippen molar-refractivity contribution < 1.29 is 4.79 Å². The first-order valence-corrected chi connectivity index (χ1v) is 5.31. The fraction of sp³-hybridized carbons (Fsp3) is 0.909. The minimum atomic E-state index is -0.262. The van der Waals surface area contributed by atoms with E-state index in [1.165, 1.54) is 0 Å². The highest BCUT2D eigenvalue weighted by atomic mass is 16.2. The van der Waals surface area contributed by atoms with E-state index in [1.807, 2.05) is 25.7 Å². The first-order chi connectivity index (χ1) is 6.22. The van der Waals surface area contributed by atoms with Gasteiger partial charge in [0.25, 0.3) is 0 Å². The molecule has 0 bridgehead atoms. The van der Waals surface area contributed by atoms with Crippen LogP contribution in [0.25, 0.3) is 0 Å². The van der Waals surface area contributed by atoms with Crippen molar-refractivity contribution in [3.63, 3.8) is 0 Å². The SMILES string of the molecule is CC1(N)CCN(C(=O)C(C)(C)C)CC1. The summed E-state index contributed by atoms with van der Waals surface area (Å²) in [6, 6.07) is 0. The van der Waals surface area contributed by atoms with Gasteiger partial charge in [0.1, 0.15) is 0 Å². The highest BCUT2D eigenvalue weighted by molar-refractivity contribution is 5.81. The summed E-state index contributed by atoms with van der Waals surface area (Å²) in [5.74, 6) is 0.244. The highest BCUT2D eigenvalue weighted by Crippen LogP contribution is 2.24. The summed E-state index contributed by atoms with van der Waals surface area (Å²) in [5.41, 5.74) is 5.67. The molecule has 1 rings (SSSR count). The zero-order chi connectivity index (χ0) is 11.0. The van der Waals surface area contributed by atoms with Crippen LogP contribution in [-0.4, -0.2) is 29.4 Å². The van der Waals surface area contributed by atoms with Gasteiger partial charge in [-0.05, 0) is 19.8 Å². The molecule has 1 aliphatic rings. The second kappa shape index (κ2) is 3.54. The molecule has 14 heavy (non-hydrogen) atoms. The van der Waals surface area contributed by atoms with Crippen molar-refractivity contribution >= 4 is 5.91 Å². The third kappa shape index (κ3) is 2.71. The zero-order valence-corrected chi connectivity index (χ0v) is 9.76. The molecular formula is C11H22N2O. The average Bonchev–Trinajstić information content (AvgIpc) is 2.01. The number of hydrogen-bond donors (Lipinski definition) is 1. The van der Waals surface area contributed by atoms with Crippen LogP contribution in [0.4, 0.5) is 0 Å². The largest absolute Gasteiger partial charge is 0.342 e. The van der Waals surface area contributed by atoms with E-state index in [-0.39, 0.29) is 16.9 Å². The van der Waals surface area contributed by atoms with Gasteiger partial charge in [0.15, 0.2) is 0 Å². The molecular weight excluding hydrogens is 176 g/mol. The maximum atomic E-state index is 11.9. The summed E-state index contributed by atoms with van der Waals surface area (Å²) in [6.07, 6.45) is 1.82. The topological polar surface area (TPSA) is 46.3 Å². The Labute approximate surface area is 86.6 Å². The number of hydrogen-bond acceptors (Lipinski definition) is 2. The number of likely N-dealkylation sites (tertiary alicyclic amines) is 1. The van der Waals surface area contributed by atoms with Gasteiger partial charge in [0.2, 0.25) is 5.91 Å². The van der Waals surface area contributed by atoms with Crippen molar-refractivity contribution in [2.45, 2.75) is 46.1 Å². The van der Waals surface area contributed by atoms with Gasteiger partial charge in [-0.25, -0.2) is 0 Å². The lowest BCUT2D eigenvalue weighted by Gasteiger charge is -2.39. The van der Waals surface area contributed by atoms with Crippen LogP contribution in [0.5, 0.6) is 0 Å². The van der Waals surface area contributed by atoms with Crippen molar-refractivity contribution in [3.05, 3.63) is 0 Å². The van der Waals surface area contributed by atoms with Gasteiger partial charge in [-0.3, -0.25) is 4.79 Å². The van der Waals surface area contributed by atoms with E-state index in [2.05, 4.69) is 6.92 Å². The van der Waals surface area contributed by atoms with Gasteiger partial charge in [-0.2, -0.15) is 0 Å². The van der Waals surface area contributed by atoms with Crippen molar-refractivity contribution in [2.75, 3.05) is 13.1 Å². The Hall–Kier alpha value is -0.570. The predicted molar refractivity (Wildman–Crippen MR) is 57.9 cm³/mol. The summed E-state index contributed by atoms with van der Waals surface area (Å²) in [6.45, 7) is 9.57. The second-order valence-corrected chi connectivity index (χ2v) is 5.70. The molecule has 2 N–H and O–H groups in total. The lowest BCUT2D eigenvalue weighted by atomic mass is 9.88. The first kappa shape index (κ1) is 11.5. The summed E-state index contributed by atoms with van der Waals surface area (Å²) in [7, 11) is 0. The van der Waals surface area contributed by atoms with Crippen LogP contribution in [0.2, 0.25) is 0 Å². The van der Waals surface area contributed by atoms with Crippen molar-refractivity contribution in [2.24, 2.45) is 11.1 Å². The Kier molecular flexibility index (Phi) is 2.91.